The molecular formula is C9H17NO3S. The molecule has 0 unspecified atom stereocenters. The van der Waals surface area contributed by atoms with Crippen molar-refractivity contribution in [2.75, 3.05) is 0 Å². The van der Waals surface area contributed by atoms with Crippen LogP contribution >= 0.6 is 11.8 Å². The lowest BCUT2D eigenvalue weighted by atomic mass is 10.2. The lowest BCUT2D eigenvalue weighted by molar-refractivity contribution is -0.136. The number of aliphatic carboxylic acids is 1. The monoisotopic (exact) mass is 219 g/mol. The lowest BCUT2D eigenvalue weighted by Gasteiger charge is -2.14. The van der Waals surface area contributed by atoms with Crippen LogP contribution in [0.2, 0.25) is 0 Å². The predicted molar refractivity (Wildman–Crippen MR) is 57.2 cm³/mol. The van der Waals surface area contributed by atoms with Crippen molar-refractivity contribution in [3.8, 4) is 0 Å². The van der Waals surface area contributed by atoms with E-state index in [4.69, 9.17) is 10.8 Å². The van der Waals surface area contributed by atoms with Gasteiger partial charge in [0.2, 0.25) is 5.91 Å². The van der Waals surface area contributed by atoms with Crippen molar-refractivity contribution in [2.45, 2.75) is 43.6 Å². The second-order valence-corrected chi connectivity index (χ2v) is 4.70. The molecule has 0 aliphatic rings. The first-order valence-electron chi connectivity index (χ1n) is 4.66. The molecule has 4 nitrogen and oxygen atoms in total. The molecule has 0 spiro atoms. The van der Waals surface area contributed by atoms with Crippen molar-refractivity contribution < 1.29 is 14.7 Å². The van der Waals surface area contributed by atoms with Crippen molar-refractivity contribution in [3.05, 3.63) is 0 Å². The van der Waals surface area contributed by atoms with Crippen LogP contribution in [0.15, 0.2) is 0 Å². The van der Waals surface area contributed by atoms with E-state index in [9.17, 15) is 9.59 Å². The van der Waals surface area contributed by atoms with Crippen LogP contribution in [0.3, 0.4) is 0 Å². The summed E-state index contributed by atoms with van der Waals surface area (Å²) < 4.78 is 0. The van der Waals surface area contributed by atoms with Crippen molar-refractivity contribution in [1.82, 2.24) is 0 Å². The summed E-state index contributed by atoms with van der Waals surface area (Å²) in [6.45, 7) is 3.63. The van der Waals surface area contributed by atoms with Gasteiger partial charge in [0.05, 0.1) is 5.25 Å². The highest BCUT2D eigenvalue weighted by atomic mass is 32.2. The number of rotatable bonds is 7. The quantitative estimate of drug-likeness (QED) is 0.675. The lowest BCUT2D eigenvalue weighted by Crippen LogP contribution is -2.28. The third-order valence-corrected chi connectivity index (χ3v) is 3.27. The zero-order chi connectivity index (χ0) is 11.1. The van der Waals surface area contributed by atoms with E-state index in [1.807, 2.05) is 6.92 Å². The highest BCUT2D eigenvalue weighted by molar-refractivity contribution is 8.01. The molecule has 2 atom stereocenters. The van der Waals surface area contributed by atoms with E-state index in [1.54, 1.807) is 6.92 Å². The number of carboxylic acid groups (broad SMARTS) is 1. The van der Waals surface area contributed by atoms with Crippen LogP contribution in [0.4, 0.5) is 0 Å². The van der Waals surface area contributed by atoms with Crippen molar-refractivity contribution in [1.29, 1.82) is 0 Å². The fourth-order valence-corrected chi connectivity index (χ4v) is 2.00. The van der Waals surface area contributed by atoms with Gasteiger partial charge in [0, 0.05) is 0 Å². The zero-order valence-corrected chi connectivity index (χ0v) is 9.34. The number of primary amides is 1. The second kappa shape index (κ2) is 6.70. The molecule has 0 saturated carbocycles. The average Bonchev–Trinajstić information content (AvgIpc) is 2.10. The summed E-state index contributed by atoms with van der Waals surface area (Å²) in [6, 6.07) is 0. The fraction of sp³-hybridized carbons (Fsp3) is 0.778. The summed E-state index contributed by atoms with van der Waals surface area (Å²) >= 11 is 1.13. The molecule has 0 saturated heterocycles. The van der Waals surface area contributed by atoms with Gasteiger partial charge in [-0.3, -0.25) is 9.59 Å². The molecule has 0 aromatic heterocycles. The second-order valence-electron chi connectivity index (χ2n) is 3.15. The Balaban J connectivity index is 4.08. The summed E-state index contributed by atoms with van der Waals surface area (Å²) in [7, 11) is 0. The normalized spacial score (nSPS) is 14.7. The molecule has 3 N–H and O–H groups in total. The van der Waals surface area contributed by atoms with Crippen molar-refractivity contribution in [2.24, 2.45) is 5.73 Å². The summed E-state index contributed by atoms with van der Waals surface area (Å²) in [5, 5.41) is 7.90. The summed E-state index contributed by atoms with van der Waals surface area (Å²) in [6.07, 6.45) is 2.40. The number of carboxylic acids is 1. The Hall–Kier alpha value is -0.710. The van der Waals surface area contributed by atoms with Gasteiger partial charge in [-0.1, -0.05) is 19.8 Å². The highest BCUT2D eigenvalue weighted by Gasteiger charge is 2.22. The number of nitrogens with two attached hydrogens (primary N) is 1. The number of amides is 1. The van der Waals surface area contributed by atoms with Crippen LogP contribution in [0.25, 0.3) is 0 Å². The van der Waals surface area contributed by atoms with Crippen molar-refractivity contribution in [3.63, 3.8) is 0 Å². The number of carbonyl (C=O) groups excluding carboxylic acids is 1. The van der Waals surface area contributed by atoms with E-state index in [0.717, 1.165) is 24.6 Å². The zero-order valence-electron chi connectivity index (χ0n) is 8.53. The van der Waals surface area contributed by atoms with E-state index in [0.29, 0.717) is 6.42 Å². The molecule has 0 aromatic carbocycles. The number of thioether (sulfide) groups is 1. The van der Waals surface area contributed by atoms with E-state index < -0.39 is 22.4 Å². The van der Waals surface area contributed by atoms with Crippen LogP contribution in [0.5, 0.6) is 0 Å². The van der Waals surface area contributed by atoms with Gasteiger partial charge in [0.15, 0.2) is 0 Å². The van der Waals surface area contributed by atoms with Crippen LogP contribution in [0.1, 0.15) is 33.1 Å². The average molecular weight is 219 g/mol. The van der Waals surface area contributed by atoms with Gasteiger partial charge in [-0.05, 0) is 13.3 Å². The number of carbonyl (C=O) groups is 2. The molecule has 0 rings (SSSR count). The molecular weight excluding hydrogens is 202 g/mol. The van der Waals surface area contributed by atoms with E-state index in [2.05, 4.69) is 0 Å². The van der Waals surface area contributed by atoms with Crippen LogP contribution in [-0.2, 0) is 9.59 Å². The molecule has 0 radical (unpaired) electrons. The van der Waals surface area contributed by atoms with Gasteiger partial charge in [0.25, 0.3) is 0 Å². The topological polar surface area (TPSA) is 80.4 Å². The standard InChI is InChI=1S/C9H17NO3S/c1-3-4-5-7(9(12)13)14-6(2)8(10)11/h6-7H,3-5H2,1-2H3,(H2,10,11)(H,12,13)/t6-,7+/m1/s1. The SMILES string of the molecule is CCCC[C@H](S[C@H](C)C(N)=O)C(=O)O. The first-order valence-corrected chi connectivity index (χ1v) is 5.60. The maximum atomic E-state index is 10.8. The minimum Gasteiger partial charge on any atom is -0.480 e. The third kappa shape index (κ3) is 5.11. The van der Waals surface area contributed by atoms with Gasteiger partial charge in [-0.25, -0.2) is 0 Å². The van der Waals surface area contributed by atoms with Gasteiger partial charge < -0.3 is 10.8 Å². The minimum atomic E-state index is -0.864. The number of unbranched alkanes of at least 4 members (excludes halogenated alkanes) is 1. The molecule has 0 aliphatic carbocycles. The first-order chi connectivity index (χ1) is 6.49. The molecule has 5 heteroatoms. The van der Waals surface area contributed by atoms with E-state index in [-0.39, 0.29) is 0 Å². The molecule has 0 aromatic rings. The number of hydrogen-bond acceptors (Lipinski definition) is 3. The number of hydrogen-bond donors (Lipinski definition) is 2. The third-order valence-electron chi connectivity index (χ3n) is 1.86. The van der Waals surface area contributed by atoms with Crippen LogP contribution in [-0.4, -0.2) is 27.5 Å². The summed E-state index contributed by atoms with van der Waals surface area (Å²) in [5.41, 5.74) is 5.06. The first kappa shape index (κ1) is 13.3. The van der Waals surface area contributed by atoms with E-state index in [1.165, 1.54) is 0 Å². The summed E-state index contributed by atoms with van der Waals surface area (Å²) in [5.74, 6) is -1.32. The fourth-order valence-electron chi connectivity index (χ4n) is 0.953. The smallest absolute Gasteiger partial charge is 0.316 e. The van der Waals surface area contributed by atoms with Gasteiger partial charge in [0.1, 0.15) is 5.25 Å². The van der Waals surface area contributed by atoms with Crippen LogP contribution < -0.4 is 5.73 Å². The largest absolute Gasteiger partial charge is 0.480 e. The summed E-state index contributed by atoms with van der Waals surface area (Å²) in [4.78, 5) is 21.5. The Morgan fingerprint density at radius 2 is 2.07 bits per heavy atom. The Labute approximate surface area is 88.2 Å². The van der Waals surface area contributed by atoms with Gasteiger partial charge in [-0.2, -0.15) is 0 Å². The minimum absolute atomic E-state index is 0.437. The molecule has 14 heavy (non-hydrogen) atoms. The molecule has 0 heterocycles. The van der Waals surface area contributed by atoms with Gasteiger partial charge >= 0.3 is 5.97 Å². The molecule has 1 amide bonds. The molecule has 82 valence electrons. The Bertz CT molecular complexity index is 208. The maximum absolute atomic E-state index is 10.8. The Morgan fingerprint density at radius 3 is 2.43 bits per heavy atom. The molecule has 0 aliphatic heterocycles. The highest BCUT2D eigenvalue weighted by Crippen LogP contribution is 2.22. The maximum Gasteiger partial charge on any atom is 0.316 e. The van der Waals surface area contributed by atoms with Crippen molar-refractivity contribution >= 4 is 23.6 Å². The van der Waals surface area contributed by atoms with Gasteiger partial charge in [-0.15, -0.1) is 11.8 Å². The Morgan fingerprint density at radius 1 is 1.50 bits per heavy atom. The molecule has 0 fully saturated rings. The molecule has 0 bridgehead atoms. The predicted octanol–water partition coefficient (Wildman–Crippen LogP) is 1.24. The Kier molecular flexibility index (Phi) is 6.36. The van der Waals surface area contributed by atoms with Crippen LogP contribution in [0, 0.1) is 0 Å². The van der Waals surface area contributed by atoms with E-state index >= 15 is 0 Å².